The molecule has 0 atom stereocenters. The highest BCUT2D eigenvalue weighted by Gasteiger charge is 2.20. The molecule has 0 saturated heterocycles. The summed E-state index contributed by atoms with van der Waals surface area (Å²) in [5, 5.41) is 42.7. The molecule has 0 N–H and O–H groups in total. The van der Waals surface area contributed by atoms with Crippen molar-refractivity contribution in [3.05, 3.63) is 138 Å². The summed E-state index contributed by atoms with van der Waals surface area (Å²) in [4.78, 5) is 5.28. The number of hydrogen-bond acceptors (Lipinski definition) is 5. The van der Waals surface area contributed by atoms with E-state index >= 15 is 0 Å². The lowest BCUT2D eigenvalue weighted by atomic mass is 10.0. The number of para-hydroxylation sites is 1. The van der Waals surface area contributed by atoms with E-state index in [4.69, 9.17) is 4.98 Å². The van der Waals surface area contributed by atoms with Crippen molar-refractivity contribution in [3.8, 4) is 47.0 Å². The first-order valence-electron chi connectivity index (χ1n) is 14.5. The first-order valence-corrected chi connectivity index (χ1v) is 14.5. The summed E-state index contributed by atoms with van der Waals surface area (Å²) < 4.78 is 4.12. The summed E-state index contributed by atoms with van der Waals surface area (Å²) in [6.07, 6.45) is 0. The predicted octanol–water partition coefficient (Wildman–Crippen LogP) is 8.43. The van der Waals surface area contributed by atoms with Crippen LogP contribution < -0.4 is 0 Å². The van der Waals surface area contributed by atoms with Gasteiger partial charge in [0.05, 0.1) is 68.6 Å². The first-order chi connectivity index (χ1) is 22.6. The van der Waals surface area contributed by atoms with Crippen molar-refractivity contribution in [1.29, 1.82) is 21.0 Å². The number of pyridine rings is 1. The number of benzene rings is 5. The van der Waals surface area contributed by atoms with Gasteiger partial charge in [-0.1, -0.05) is 36.4 Å². The molecule has 46 heavy (non-hydrogen) atoms. The van der Waals surface area contributed by atoms with Crippen molar-refractivity contribution in [2.75, 3.05) is 0 Å². The van der Waals surface area contributed by atoms with Crippen LogP contribution in [0.3, 0.4) is 0 Å². The highest BCUT2D eigenvalue weighted by atomic mass is 15.1. The van der Waals surface area contributed by atoms with Crippen LogP contribution in [0.4, 0.5) is 0 Å². The van der Waals surface area contributed by atoms with E-state index in [-0.39, 0.29) is 0 Å². The van der Waals surface area contributed by atoms with E-state index in [2.05, 4.69) is 28.8 Å². The van der Waals surface area contributed by atoms with Gasteiger partial charge in [-0.2, -0.15) is 21.0 Å². The van der Waals surface area contributed by atoms with Gasteiger partial charge in [0.1, 0.15) is 11.6 Å². The second kappa shape index (κ2) is 10.2. The summed E-state index contributed by atoms with van der Waals surface area (Å²) in [6.45, 7) is 0. The average molecular weight is 586 g/mol. The van der Waals surface area contributed by atoms with Gasteiger partial charge < -0.3 is 0 Å². The SMILES string of the molecule is N#Cc1ccc2c(c1)c1ccccc1n2-c1cc(-c2ccccc2C#N)cc(-n2c3ccc(C#N)cc3c3cc(C#N)ccc32)n1. The number of nitrogens with zero attached hydrogens (tertiary/aromatic N) is 7. The predicted molar refractivity (Wildman–Crippen MR) is 177 cm³/mol. The Labute approximate surface area is 262 Å². The van der Waals surface area contributed by atoms with E-state index in [1.165, 1.54) is 0 Å². The normalized spacial score (nSPS) is 11.0. The van der Waals surface area contributed by atoms with Gasteiger partial charge in [0.15, 0.2) is 0 Å². The largest absolute Gasteiger partial charge is 0.294 e. The molecule has 0 aliphatic heterocycles. The topological polar surface area (TPSA) is 118 Å². The van der Waals surface area contributed by atoms with E-state index in [0.29, 0.717) is 33.9 Å². The van der Waals surface area contributed by atoms with Gasteiger partial charge in [-0.25, -0.2) is 4.98 Å². The number of nitriles is 4. The Morgan fingerprint density at radius 3 is 1.41 bits per heavy atom. The van der Waals surface area contributed by atoms with Crippen molar-refractivity contribution >= 4 is 43.6 Å². The zero-order valence-electron chi connectivity index (χ0n) is 24.1. The van der Waals surface area contributed by atoms with Crippen LogP contribution >= 0.6 is 0 Å². The van der Waals surface area contributed by atoms with Gasteiger partial charge in [0, 0.05) is 21.5 Å². The van der Waals surface area contributed by atoms with Crippen LogP contribution in [0.2, 0.25) is 0 Å². The molecule has 3 heterocycles. The lowest BCUT2D eigenvalue weighted by Crippen LogP contribution is -2.04. The third-order valence-corrected chi connectivity index (χ3v) is 8.44. The Morgan fingerprint density at radius 1 is 0.435 bits per heavy atom. The molecule has 0 amide bonds. The number of rotatable bonds is 3. The fraction of sp³-hybridized carbons (Fsp3) is 0. The summed E-state index contributed by atoms with van der Waals surface area (Å²) in [7, 11) is 0. The zero-order chi connectivity index (χ0) is 31.4. The number of aromatic nitrogens is 3. The molecule has 7 heteroatoms. The minimum Gasteiger partial charge on any atom is -0.294 e. The fourth-order valence-corrected chi connectivity index (χ4v) is 6.42. The van der Waals surface area contributed by atoms with Crippen molar-refractivity contribution in [2.24, 2.45) is 0 Å². The molecule has 0 radical (unpaired) electrons. The summed E-state index contributed by atoms with van der Waals surface area (Å²) in [6, 6.07) is 45.2. The Morgan fingerprint density at radius 2 is 0.891 bits per heavy atom. The standard InChI is InChI=1S/C39H19N7/c40-20-24-9-12-35-31(15-24)30-7-3-4-8-34(30)45(35)38-18-28(29-6-2-1-5-27(29)23-43)19-39(44-38)46-36-13-10-25(21-41)16-32(36)33-17-26(22-42)11-14-37(33)46/h1-19H. The van der Waals surface area contributed by atoms with Crippen molar-refractivity contribution in [1.82, 2.24) is 14.1 Å². The van der Waals surface area contributed by atoms with Crippen molar-refractivity contribution in [3.63, 3.8) is 0 Å². The van der Waals surface area contributed by atoms with Crippen LogP contribution in [0.1, 0.15) is 22.3 Å². The Kier molecular flexibility index (Phi) is 5.87. The van der Waals surface area contributed by atoms with E-state index in [1.807, 2.05) is 95.6 Å². The second-order valence-corrected chi connectivity index (χ2v) is 10.9. The van der Waals surface area contributed by atoms with Gasteiger partial charge in [-0.3, -0.25) is 9.13 Å². The molecule has 0 bridgehead atoms. The van der Waals surface area contributed by atoms with Crippen LogP contribution in [-0.2, 0) is 0 Å². The molecule has 0 fully saturated rings. The third-order valence-electron chi connectivity index (χ3n) is 8.44. The van der Waals surface area contributed by atoms with Crippen LogP contribution in [0.5, 0.6) is 0 Å². The molecule has 8 rings (SSSR count). The maximum atomic E-state index is 10.0. The van der Waals surface area contributed by atoms with E-state index < -0.39 is 0 Å². The van der Waals surface area contributed by atoms with E-state index in [1.54, 1.807) is 24.3 Å². The minimum atomic E-state index is 0.515. The van der Waals surface area contributed by atoms with Crippen LogP contribution in [0.25, 0.3) is 66.4 Å². The molecule has 210 valence electrons. The third kappa shape index (κ3) is 3.91. The molecule has 0 unspecified atom stereocenters. The smallest absolute Gasteiger partial charge is 0.140 e. The summed E-state index contributed by atoms with van der Waals surface area (Å²) >= 11 is 0. The average Bonchev–Trinajstić information content (AvgIpc) is 3.62. The monoisotopic (exact) mass is 585 g/mol. The van der Waals surface area contributed by atoms with Gasteiger partial charge in [-0.15, -0.1) is 0 Å². The lowest BCUT2D eigenvalue weighted by Gasteiger charge is -2.15. The lowest BCUT2D eigenvalue weighted by molar-refractivity contribution is 1.01. The highest BCUT2D eigenvalue weighted by Crippen LogP contribution is 2.37. The van der Waals surface area contributed by atoms with Crippen molar-refractivity contribution < 1.29 is 0 Å². The number of hydrogen-bond donors (Lipinski definition) is 0. The molecule has 0 spiro atoms. The quantitative estimate of drug-likeness (QED) is 0.206. The maximum absolute atomic E-state index is 10.0. The van der Waals surface area contributed by atoms with E-state index in [9.17, 15) is 21.0 Å². The molecule has 0 aliphatic rings. The Bertz CT molecular complexity index is 2680. The molecular weight excluding hydrogens is 566 g/mol. The van der Waals surface area contributed by atoms with Crippen LogP contribution in [0, 0.1) is 45.3 Å². The first kappa shape index (κ1) is 26.4. The maximum Gasteiger partial charge on any atom is 0.140 e. The highest BCUT2D eigenvalue weighted by molar-refractivity contribution is 6.11. The molecule has 0 saturated carbocycles. The Balaban J connectivity index is 1.52. The molecule has 7 nitrogen and oxygen atoms in total. The van der Waals surface area contributed by atoms with Gasteiger partial charge in [-0.05, 0) is 90.0 Å². The van der Waals surface area contributed by atoms with Crippen LogP contribution in [0.15, 0.2) is 115 Å². The van der Waals surface area contributed by atoms with E-state index in [0.717, 1.165) is 54.7 Å². The van der Waals surface area contributed by atoms with Crippen molar-refractivity contribution in [2.45, 2.75) is 0 Å². The van der Waals surface area contributed by atoms with Gasteiger partial charge >= 0.3 is 0 Å². The molecule has 0 aliphatic carbocycles. The minimum absolute atomic E-state index is 0.515. The molecular formula is C39H19N7. The molecule has 5 aromatic carbocycles. The Hall–Kier alpha value is -7.19. The summed E-state index contributed by atoms with van der Waals surface area (Å²) in [5.41, 5.74) is 7.17. The number of fused-ring (bicyclic) bond motifs is 6. The molecule has 3 aromatic heterocycles. The zero-order valence-corrected chi connectivity index (χ0v) is 24.1. The second-order valence-electron chi connectivity index (χ2n) is 10.9. The fourth-order valence-electron chi connectivity index (χ4n) is 6.42. The summed E-state index contributed by atoms with van der Waals surface area (Å²) in [5.74, 6) is 1.24. The van der Waals surface area contributed by atoms with Gasteiger partial charge in [0.25, 0.3) is 0 Å². The van der Waals surface area contributed by atoms with Crippen LogP contribution in [-0.4, -0.2) is 14.1 Å². The van der Waals surface area contributed by atoms with Gasteiger partial charge in [0.2, 0.25) is 0 Å². The molecule has 8 aromatic rings.